The van der Waals surface area contributed by atoms with Crippen LogP contribution in [0.3, 0.4) is 0 Å². The molecule has 2 heterocycles. The van der Waals surface area contributed by atoms with Gasteiger partial charge in [-0.3, -0.25) is 9.59 Å². The van der Waals surface area contributed by atoms with Gasteiger partial charge in [0.25, 0.3) is 0 Å². The average molecular weight is 475 g/mol. The number of hydrogen-bond acceptors (Lipinski definition) is 6. The highest BCUT2D eigenvalue weighted by molar-refractivity contribution is 7.22. The number of oxazole rings is 1. The van der Waals surface area contributed by atoms with Crippen LogP contribution in [0.25, 0.3) is 21.5 Å². The zero-order valence-corrected chi connectivity index (χ0v) is 18.6. The fourth-order valence-electron chi connectivity index (χ4n) is 2.90. The molecule has 0 unspecified atom stereocenters. The minimum atomic E-state index is -0.203. The normalized spacial score (nSPS) is 10.9. The van der Waals surface area contributed by atoms with E-state index >= 15 is 0 Å². The van der Waals surface area contributed by atoms with Crippen LogP contribution in [0.2, 0.25) is 10.0 Å². The molecule has 0 fully saturated rings. The lowest BCUT2D eigenvalue weighted by Gasteiger charge is -2.01. The standard InChI is InChI=1S/C21H16Cl2N4O3S/c1-11(28)25-13-3-5-16-18(9-13)31-21(26-16)27-19(29)6-7-20-24-10-17(30-20)14-4-2-12(22)8-15(14)23/h2-5,8-10H,6-7H2,1H3,(H,25,28)(H,26,27,29). The van der Waals surface area contributed by atoms with Crippen molar-refractivity contribution < 1.29 is 14.0 Å². The van der Waals surface area contributed by atoms with Gasteiger partial charge in [-0.1, -0.05) is 34.5 Å². The number of aromatic nitrogens is 2. The second-order valence-electron chi connectivity index (χ2n) is 6.67. The highest BCUT2D eigenvalue weighted by Gasteiger charge is 2.13. The zero-order valence-electron chi connectivity index (χ0n) is 16.2. The molecule has 0 saturated heterocycles. The summed E-state index contributed by atoms with van der Waals surface area (Å²) in [6.45, 7) is 1.45. The summed E-state index contributed by atoms with van der Waals surface area (Å²) in [7, 11) is 0. The van der Waals surface area contributed by atoms with Crippen molar-refractivity contribution in [2.75, 3.05) is 10.6 Å². The van der Waals surface area contributed by atoms with Crippen LogP contribution in [0.5, 0.6) is 0 Å². The lowest BCUT2D eigenvalue weighted by molar-refractivity contribution is -0.116. The molecule has 4 rings (SSSR count). The SMILES string of the molecule is CC(=O)Nc1ccc2nc(NC(=O)CCc3ncc(-c4ccc(Cl)cc4Cl)o3)sc2c1. The molecule has 7 nitrogen and oxygen atoms in total. The lowest BCUT2D eigenvalue weighted by Crippen LogP contribution is -2.12. The fraction of sp³-hybridized carbons (Fsp3) is 0.143. The second-order valence-corrected chi connectivity index (χ2v) is 8.55. The van der Waals surface area contributed by atoms with E-state index in [2.05, 4.69) is 20.6 Å². The number of amides is 2. The Balaban J connectivity index is 1.37. The summed E-state index contributed by atoms with van der Waals surface area (Å²) >= 11 is 13.4. The summed E-state index contributed by atoms with van der Waals surface area (Å²) < 4.78 is 6.58. The second kappa shape index (κ2) is 9.05. The molecular weight excluding hydrogens is 459 g/mol. The third kappa shape index (κ3) is 5.22. The van der Waals surface area contributed by atoms with Gasteiger partial charge in [0.1, 0.15) is 0 Å². The van der Waals surface area contributed by atoms with Gasteiger partial charge < -0.3 is 15.1 Å². The molecule has 0 radical (unpaired) electrons. The molecule has 0 aliphatic heterocycles. The minimum absolute atomic E-state index is 0.148. The highest BCUT2D eigenvalue weighted by Crippen LogP contribution is 2.31. The van der Waals surface area contributed by atoms with Crippen LogP contribution in [0, 0.1) is 0 Å². The summed E-state index contributed by atoms with van der Waals surface area (Å²) in [6, 6.07) is 10.5. The molecule has 2 N–H and O–H groups in total. The van der Waals surface area contributed by atoms with E-state index in [4.69, 9.17) is 27.6 Å². The topological polar surface area (TPSA) is 97.1 Å². The first-order valence-corrected chi connectivity index (χ1v) is 10.8. The Kier molecular flexibility index (Phi) is 6.22. The Labute approximate surface area is 191 Å². The van der Waals surface area contributed by atoms with E-state index in [0.717, 1.165) is 10.2 Å². The summed E-state index contributed by atoms with van der Waals surface area (Å²) in [6.07, 6.45) is 2.08. The van der Waals surface area contributed by atoms with Crippen LogP contribution in [0.1, 0.15) is 19.2 Å². The van der Waals surface area contributed by atoms with Crippen LogP contribution >= 0.6 is 34.5 Å². The Bertz CT molecular complexity index is 1280. The number of halogens is 2. The molecule has 0 aliphatic rings. The minimum Gasteiger partial charge on any atom is -0.441 e. The predicted molar refractivity (Wildman–Crippen MR) is 123 cm³/mol. The molecule has 2 amide bonds. The van der Waals surface area contributed by atoms with Crippen molar-refractivity contribution in [3.63, 3.8) is 0 Å². The number of carbonyl (C=O) groups excluding carboxylic acids is 2. The van der Waals surface area contributed by atoms with Gasteiger partial charge in [-0.25, -0.2) is 9.97 Å². The van der Waals surface area contributed by atoms with Crippen molar-refractivity contribution in [2.24, 2.45) is 0 Å². The van der Waals surface area contributed by atoms with Gasteiger partial charge in [-0.2, -0.15) is 0 Å². The van der Waals surface area contributed by atoms with Gasteiger partial charge in [0.15, 0.2) is 16.8 Å². The third-order valence-electron chi connectivity index (χ3n) is 4.27. The van der Waals surface area contributed by atoms with Crippen LogP contribution in [0.15, 0.2) is 47.0 Å². The molecule has 2 aromatic carbocycles. The maximum Gasteiger partial charge on any atom is 0.226 e. The number of aryl methyl sites for hydroxylation is 1. The van der Waals surface area contributed by atoms with E-state index in [1.807, 2.05) is 6.07 Å². The average Bonchev–Trinajstić information content (AvgIpc) is 3.32. The van der Waals surface area contributed by atoms with E-state index < -0.39 is 0 Å². The van der Waals surface area contributed by atoms with Crippen molar-refractivity contribution in [2.45, 2.75) is 19.8 Å². The number of thiazole rings is 1. The Morgan fingerprint density at radius 1 is 1.13 bits per heavy atom. The van der Waals surface area contributed by atoms with Gasteiger partial charge in [-0.15, -0.1) is 0 Å². The first-order chi connectivity index (χ1) is 14.9. The molecule has 31 heavy (non-hydrogen) atoms. The number of benzene rings is 2. The quantitative estimate of drug-likeness (QED) is 0.368. The maximum atomic E-state index is 12.3. The number of rotatable bonds is 6. The molecule has 0 bridgehead atoms. The summed E-state index contributed by atoms with van der Waals surface area (Å²) in [5, 5.41) is 7.00. The molecule has 0 spiro atoms. The van der Waals surface area contributed by atoms with Crippen LogP contribution in [0.4, 0.5) is 10.8 Å². The zero-order chi connectivity index (χ0) is 22.0. The van der Waals surface area contributed by atoms with E-state index in [9.17, 15) is 9.59 Å². The molecular formula is C21H16Cl2N4O3S. The van der Waals surface area contributed by atoms with Crippen molar-refractivity contribution in [1.82, 2.24) is 9.97 Å². The van der Waals surface area contributed by atoms with E-state index in [1.165, 1.54) is 18.3 Å². The first-order valence-electron chi connectivity index (χ1n) is 9.25. The van der Waals surface area contributed by atoms with E-state index in [0.29, 0.717) is 44.5 Å². The number of nitrogens with one attached hydrogen (secondary N) is 2. The summed E-state index contributed by atoms with van der Waals surface area (Å²) in [5.41, 5.74) is 2.11. The van der Waals surface area contributed by atoms with E-state index in [1.54, 1.807) is 36.5 Å². The molecule has 0 atom stereocenters. The highest BCUT2D eigenvalue weighted by atomic mass is 35.5. The monoisotopic (exact) mass is 474 g/mol. The van der Waals surface area contributed by atoms with E-state index in [-0.39, 0.29) is 18.2 Å². The van der Waals surface area contributed by atoms with Crippen molar-refractivity contribution in [3.05, 3.63) is 58.5 Å². The number of carbonyl (C=O) groups is 2. The molecule has 10 heteroatoms. The van der Waals surface area contributed by atoms with Crippen molar-refractivity contribution >= 4 is 67.4 Å². The lowest BCUT2D eigenvalue weighted by atomic mass is 10.2. The molecule has 2 aromatic heterocycles. The number of nitrogens with zero attached hydrogens (tertiary/aromatic N) is 2. The Morgan fingerprint density at radius 3 is 2.74 bits per heavy atom. The van der Waals surface area contributed by atoms with Gasteiger partial charge in [0, 0.05) is 36.0 Å². The van der Waals surface area contributed by atoms with Crippen LogP contribution < -0.4 is 10.6 Å². The third-order valence-corrected chi connectivity index (χ3v) is 5.75. The van der Waals surface area contributed by atoms with Crippen molar-refractivity contribution in [1.29, 1.82) is 0 Å². The largest absolute Gasteiger partial charge is 0.441 e. The van der Waals surface area contributed by atoms with Crippen molar-refractivity contribution in [3.8, 4) is 11.3 Å². The Hall–Kier alpha value is -2.94. The number of anilines is 2. The van der Waals surface area contributed by atoms with Gasteiger partial charge >= 0.3 is 0 Å². The molecule has 0 aliphatic carbocycles. The molecule has 4 aromatic rings. The number of hydrogen-bond donors (Lipinski definition) is 2. The molecule has 158 valence electrons. The van der Waals surface area contributed by atoms with Gasteiger partial charge in [0.05, 0.1) is 21.4 Å². The number of fused-ring (bicyclic) bond motifs is 1. The smallest absolute Gasteiger partial charge is 0.226 e. The first kappa shape index (κ1) is 21.3. The van der Waals surface area contributed by atoms with Crippen LogP contribution in [-0.2, 0) is 16.0 Å². The summed E-state index contributed by atoms with van der Waals surface area (Å²) in [4.78, 5) is 32.1. The summed E-state index contributed by atoms with van der Waals surface area (Å²) in [5.74, 6) is 0.592. The van der Waals surface area contributed by atoms with Gasteiger partial charge in [0.2, 0.25) is 11.8 Å². The van der Waals surface area contributed by atoms with Gasteiger partial charge in [-0.05, 0) is 36.4 Å². The molecule has 0 saturated carbocycles. The maximum absolute atomic E-state index is 12.3. The Morgan fingerprint density at radius 2 is 1.97 bits per heavy atom. The fourth-order valence-corrected chi connectivity index (χ4v) is 4.32. The van der Waals surface area contributed by atoms with Crippen LogP contribution in [-0.4, -0.2) is 21.8 Å². The predicted octanol–water partition coefficient (Wildman–Crippen LogP) is 5.79.